The molecule has 1 fully saturated rings. The smallest absolute Gasteiger partial charge is 0.435 e. The second kappa shape index (κ2) is 6.68. The number of alkyl halides is 3. The highest BCUT2D eigenvalue weighted by Gasteiger charge is 2.40. The van der Waals surface area contributed by atoms with Gasteiger partial charge in [0, 0.05) is 23.6 Å². The monoisotopic (exact) mass is 385 g/mol. The maximum atomic E-state index is 13.3. The number of amides is 1. The van der Waals surface area contributed by atoms with Crippen LogP contribution in [0.15, 0.2) is 22.8 Å². The summed E-state index contributed by atoms with van der Waals surface area (Å²) in [7, 11) is 0. The topological polar surface area (TPSA) is 51.3 Å². The Hall–Kier alpha value is -1.90. The zero-order valence-electron chi connectivity index (χ0n) is 14.0. The summed E-state index contributed by atoms with van der Waals surface area (Å²) < 4.78 is 46.5. The molecule has 3 heterocycles. The van der Waals surface area contributed by atoms with Crippen molar-refractivity contribution < 1.29 is 22.4 Å². The van der Waals surface area contributed by atoms with Gasteiger partial charge < -0.3 is 9.32 Å². The molecule has 9 heteroatoms. The van der Waals surface area contributed by atoms with Gasteiger partial charge in [-0.15, -0.1) is 11.8 Å². The maximum absolute atomic E-state index is 13.3. The summed E-state index contributed by atoms with van der Waals surface area (Å²) in [6, 6.07) is 3.57. The number of carbonyl (C=O) groups excluding carboxylic acids is 1. The SMILES string of the molecule is O=C(Cn1nc(C(F)(F)F)c2c1CCCC2)N1CCSC1c1ccco1. The third kappa shape index (κ3) is 3.13. The fourth-order valence-electron chi connectivity index (χ4n) is 3.64. The molecule has 26 heavy (non-hydrogen) atoms. The molecule has 0 spiro atoms. The largest absolute Gasteiger partial charge is 0.466 e. The Labute approximate surface area is 152 Å². The van der Waals surface area contributed by atoms with Gasteiger partial charge in [0.1, 0.15) is 17.7 Å². The van der Waals surface area contributed by atoms with E-state index in [1.165, 1.54) is 4.68 Å². The Kier molecular flexibility index (Phi) is 4.50. The van der Waals surface area contributed by atoms with E-state index < -0.39 is 11.9 Å². The second-order valence-corrected chi connectivity index (χ2v) is 7.65. The highest BCUT2D eigenvalue weighted by Crippen LogP contribution is 2.39. The second-order valence-electron chi connectivity index (χ2n) is 6.46. The molecule has 2 aliphatic rings. The number of halogens is 3. The van der Waals surface area contributed by atoms with Crippen LogP contribution in [-0.4, -0.2) is 32.9 Å². The average Bonchev–Trinajstić information content (AvgIpc) is 3.33. The van der Waals surface area contributed by atoms with Crippen molar-refractivity contribution >= 4 is 17.7 Å². The van der Waals surface area contributed by atoms with E-state index in [1.54, 1.807) is 35.1 Å². The number of hydrogen-bond donors (Lipinski definition) is 0. The summed E-state index contributed by atoms with van der Waals surface area (Å²) in [5.74, 6) is 1.21. The molecule has 4 rings (SSSR count). The lowest BCUT2D eigenvalue weighted by atomic mass is 9.95. The van der Waals surface area contributed by atoms with Gasteiger partial charge in [0.15, 0.2) is 5.69 Å². The van der Waals surface area contributed by atoms with E-state index in [1.807, 2.05) is 0 Å². The van der Waals surface area contributed by atoms with Gasteiger partial charge in [-0.25, -0.2) is 0 Å². The van der Waals surface area contributed by atoms with E-state index in [0.29, 0.717) is 30.8 Å². The zero-order chi connectivity index (χ0) is 18.3. The summed E-state index contributed by atoms with van der Waals surface area (Å²) in [5, 5.41) is 3.55. The summed E-state index contributed by atoms with van der Waals surface area (Å²) in [5.41, 5.74) is -0.0216. The fourth-order valence-corrected chi connectivity index (χ4v) is 4.87. The summed E-state index contributed by atoms with van der Waals surface area (Å²) in [6.07, 6.45) is -0.501. The third-order valence-electron chi connectivity index (χ3n) is 4.81. The normalized spacial score (nSPS) is 20.4. The van der Waals surface area contributed by atoms with E-state index in [9.17, 15) is 18.0 Å². The molecule has 1 aliphatic carbocycles. The molecule has 1 unspecified atom stereocenters. The molecule has 2 aromatic rings. The maximum Gasteiger partial charge on any atom is 0.435 e. The Bertz CT molecular complexity index is 801. The first-order chi connectivity index (χ1) is 12.4. The van der Waals surface area contributed by atoms with Gasteiger partial charge in [0.05, 0.1) is 6.26 Å². The van der Waals surface area contributed by atoms with Crippen molar-refractivity contribution in [2.45, 2.75) is 43.8 Å². The quantitative estimate of drug-likeness (QED) is 0.809. The van der Waals surface area contributed by atoms with Crippen LogP contribution in [0.25, 0.3) is 0 Å². The molecule has 1 aliphatic heterocycles. The summed E-state index contributed by atoms with van der Waals surface area (Å²) in [6.45, 7) is 0.376. The van der Waals surface area contributed by atoms with Gasteiger partial charge in [-0.05, 0) is 37.8 Å². The van der Waals surface area contributed by atoms with Crippen molar-refractivity contribution in [2.24, 2.45) is 0 Å². The minimum Gasteiger partial charge on any atom is -0.466 e. The first kappa shape index (κ1) is 17.5. The van der Waals surface area contributed by atoms with Gasteiger partial charge in [-0.2, -0.15) is 18.3 Å². The number of hydrogen-bond acceptors (Lipinski definition) is 4. The van der Waals surface area contributed by atoms with E-state index >= 15 is 0 Å². The lowest BCUT2D eigenvalue weighted by Gasteiger charge is -2.23. The number of thioether (sulfide) groups is 1. The van der Waals surface area contributed by atoms with E-state index in [2.05, 4.69) is 5.10 Å². The van der Waals surface area contributed by atoms with Crippen LogP contribution < -0.4 is 0 Å². The lowest BCUT2D eigenvalue weighted by molar-refractivity contribution is -0.142. The predicted octanol–water partition coefficient (Wildman–Crippen LogP) is 3.65. The van der Waals surface area contributed by atoms with Crippen LogP contribution in [0.5, 0.6) is 0 Å². The Morgan fingerprint density at radius 3 is 2.88 bits per heavy atom. The third-order valence-corrected chi connectivity index (χ3v) is 6.03. The minimum atomic E-state index is -4.49. The number of furan rings is 1. The van der Waals surface area contributed by atoms with Crippen molar-refractivity contribution in [1.29, 1.82) is 0 Å². The summed E-state index contributed by atoms with van der Waals surface area (Å²) >= 11 is 1.59. The number of fused-ring (bicyclic) bond motifs is 1. The van der Waals surface area contributed by atoms with Gasteiger partial charge in [-0.3, -0.25) is 9.48 Å². The standard InChI is InChI=1S/C17H18F3N3O2S/c18-17(19,20)15-11-4-1-2-5-12(11)23(21-15)10-14(24)22-7-9-26-16(22)13-6-3-8-25-13/h3,6,8,16H,1-2,4-5,7,9-10H2. The minimum absolute atomic E-state index is 0.170. The van der Waals surface area contributed by atoms with Crippen LogP contribution in [0.3, 0.4) is 0 Å². The number of carbonyl (C=O) groups is 1. The number of aromatic nitrogens is 2. The number of nitrogens with zero attached hydrogens (tertiary/aromatic N) is 3. The highest BCUT2D eigenvalue weighted by atomic mass is 32.2. The van der Waals surface area contributed by atoms with E-state index in [4.69, 9.17) is 4.42 Å². The molecular formula is C17H18F3N3O2S. The van der Waals surface area contributed by atoms with Gasteiger partial charge in [0.2, 0.25) is 5.91 Å². The van der Waals surface area contributed by atoms with Crippen LogP contribution >= 0.6 is 11.8 Å². The van der Waals surface area contributed by atoms with E-state index in [-0.39, 0.29) is 23.4 Å². The van der Waals surface area contributed by atoms with Crippen LogP contribution in [0.1, 0.15) is 40.9 Å². The Balaban J connectivity index is 1.59. The van der Waals surface area contributed by atoms with Gasteiger partial charge >= 0.3 is 6.18 Å². The van der Waals surface area contributed by atoms with Crippen LogP contribution in [0, 0.1) is 0 Å². The molecule has 5 nitrogen and oxygen atoms in total. The first-order valence-corrected chi connectivity index (χ1v) is 9.60. The van der Waals surface area contributed by atoms with Crippen molar-refractivity contribution in [2.75, 3.05) is 12.3 Å². The summed E-state index contributed by atoms with van der Waals surface area (Å²) in [4.78, 5) is 14.5. The molecule has 0 N–H and O–H groups in total. The number of rotatable bonds is 3. The van der Waals surface area contributed by atoms with Crippen LogP contribution in [0.2, 0.25) is 0 Å². The predicted molar refractivity (Wildman–Crippen MR) is 89.5 cm³/mol. The Morgan fingerprint density at radius 1 is 1.35 bits per heavy atom. The van der Waals surface area contributed by atoms with Crippen molar-refractivity contribution in [1.82, 2.24) is 14.7 Å². The van der Waals surface area contributed by atoms with Crippen molar-refractivity contribution in [3.63, 3.8) is 0 Å². The van der Waals surface area contributed by atoms with Gasteiger partial charge in [0.25, 0.3) is 0 Å². The van der Waals surface area contributed by atoms with Crippen LogP contribution in [-0.2, 0) is 30.4 Å². The molecule has 1 amide bonds. The molecular weight excluding hydrogens is 367 g/mol. The Morgan fingerprint density at radius 2 is 2.15 bits per heavy atom. The molecule has 0 saturated carbocycles. The van der Waals surface area contributed by atoms with E-state index in [0.717, 1.165) is 18.6 Å². The molecule has 0 radical (unpaired) electrons. The molecule has 140 valence electrons. The zero-order valence-corrected chi connectivity index (χ0v) is 14.8. The molecule has 2 aromatic heterocycles. The van der Waals surface area contributed by atoms with Crippen molar-refractivity contribution in [3.8, 4) is 0 Å². The van der Waals surface area contributed by atoms with Gasteiger partial charge in [-0.1, -0.05) is 0 Å². The molecule has 1 atom stereocenters. The van der Waals surface area contributed by atoms with Crippen molar-refractivity contribution in [3.05, 3.63) is 41.1 Å². The lowest BCUT2D eigenvalue weighted by Crippen LogP contribution is -2.34. The molecule has 0 aromatic carbocycles. The molecule has 0 bridgehead atoms. The average molecular weight is 385 g/mol. The fraction of sp³-hybridized carbons (Fsp3) is 0.529. The molecule has 1 saturated heterocycles. The van der Waals surface area contributed by atoms with Crippen LogP contribution in [0.4, 0.5) is 13.2 Å². The first-order valence-electron chi connectivity index (χ1n) is 8.55. The highest BCUT2D eigenvalue weighted by molar-refractivity contribution is 7.99.